The number of carbonyl (C=O) groups excluding carboxylic acids is 2. The molecule has 17 heavy (non-hydrogen) atoms. The van der Waals surface area contributed by atoms with Gasteiger partial charge in [-0.1, -0.05) is 13.0 Å². The molecule has 0 aliphatic rings. The van der Waals surface area contributed by atoms with Crippen molar-refractivity contribution in [3.8, 4) is 0 Å². The Hall–Kier alpha value is -1.49. The van der Waals surface area contributed by atoms with E-state index in [-0.39, 0.29) is 11.5 Å². The molecule has 0 radical (unpaired) electrons. The van der Waals surface area contributed by atoms with Gasteiger partial charge in [0.2, 0.25) is 6.41 Å². The Bertz CT molecular complexity index is 457. The van der Waals surface area contributed by atoms with E-state index in [9.17, 15) is 13.8 Å². The first-order valence-corrected chi connectivity index (χ1v) is 6.97. The highest BCUT2D eigenvalue weighted by atomic mass is 32.2. The van der Waals surface area contributed by atoms with Crippen molar-refractivity contribution in [1.29, 1.82) is 0 Å². The Balaban J connectivity index is 3.11. The maximum atomic E-state index is 11.9. The molecule has 0 fully saturated rings. The second-order valence-electron chi connectivity index (χ2n) is 3.64. The van der Waals surface area contributed by atoms with E-state index in [0.717, 1.165) is 12.0 Å². The number of ketones is 1. The molecular weight excluding hydrogens is 238 g/mol. The summed E-state index contributed by atoms with van der Waals surface area (Å²) in [5.41, 5.74) is 1.89. The van der Waals surface area contributed by atoms with Gasteiger partial charge < -0.3 is 5.32 Å². The second kappa shape index (κ2) is 6.30. The molecule has 1 aromatic rings. The van der Waals surface area contributed by atoms with Crippen LogP contribution in [0.5, 0.6) is 0 Å². The van der Waals surface area contributed by atoms with Gasteiger partial charge in [0, 0.05) is 22.6 Å². The topological polar surface area (TPSA) is 63.2 Å². The standard InChI is InChI=1S/C12H15NO3S/c1-3-9-4-5-11(13-8-14)10(6-9)12(15)7-17(2)16/h4-6,8H,3,7H2,1-2H3,(H,13,14). The van der Waals surface area contributed by atoms with Gasteiger partial charge in [0.15, 0.2) is 5.78 Å². The maximum Gasteiger partial charge on any atom is 0.211 e. The summed E-state index contributed by atoms with van der Waals surface area (Å²) >= 11 is 0. The van der Waals surface area contributed by atoms with Crippen molar-refractivity contribution in [1.82, 2.24) is 0 Å². The lowest BCUT2D eigenvalue weighted by molar-refractivity contribution is -0.105. The first-order chi connectivity index (χ1) is 8.08. The zero-order valence-corrected chi connectivity index (χ0v) is 10.7. The monoisotopic (exact) mass is 253 g/mol. The highest BCUT2D eigenvalue weighted by Crippen LogP contribution is 2.18. The van der Waals surface area contributed by atoms with Crippen molar-refractivity contribution in [2.45, 2.75) is 13.3 Å². The van der Waals surface area contributed by atoms with Crippen LogP contribution >= 0.6 is 0 Å². The summed E-state index contributed by atoms with van der Waals surface area (Å²) in [4.78, 5) is 22.3. The van der Waals surface area contributed by atoms with Crippen LogP contribution < -0.4 is 5.32 Å². The molecule has 0 saturated carbocycles. The van der Waals surface area contributed by atoms with E-state index in [1.165, 1.54) is 6.26 Å². The van der Waals surface area contributed by atoms with Crippen LogP contribution in [0.15, 0.2) is 18.2 Å². The fourth-order valence-electron chi connectivity index (χ4n) is 1.49. The first-order valence-electron chi connectivity index (χ1n) is 5.24. The maximum absolute atomic E-state index is 11.9. The molecule has 0 aromatic heterocycles. The van der Waals surface area contributed by atoms with Crippen LogP contribution in [0.4, 0.5) is 5.69 Å². The molecule has 5 heteroatoms. The predicted octanol–water partition coefficient (Wildman–Crippen LogP) is 1.38. The highest BCUT2D eigenvalue weighted by Gasteiger charge is 2.13. The van der Waals surface area contributed by atoms with Crippen molar-refractivity contribution < 1.29 is 13.8 Å². The summed E-state index contributed by atoms with van der Waals surface area (Å²) < 4.78 is 11.1. The van der Waals surface area contributed by atoms with Gasteiger partial charge in [-0.05, 0) is 24.1 Å². The lowest BCUT2D eigenvalue weighted by atomic mass is 10.0. The molecule has 92 valence electrons. The van der Waals surface area contributed by atoms with Gasteiger partial charge in [0.1, 0.15) is 0 Å². The largest absolute Gasteiger partial charge is 0.328 e. The number of anilines is 1. The Morgan fingerprint density at radius 3 is 2.71 bits per heavy atom. The van der Waals surface area contributed by atoms with Gasteiger partial charge in [0.05, 0.1) is 11.4 Å². The molecule has 0 aliphatic heterocycles. The van der Waals surface area contributed by atoms with E-state index in [1.54, 1.807) is 12.1 Å². The molecular formula is C12H15NO3S. The van der Waals surface area contributed by atoms with Crippen molar-refractivity contribution in [3.05, 3.63) is 29.3 Å². The average molecular weight is 253 g/mol. The summed E-state index contributed by atoms with van der Waals surface area (Å²) in [7, 11) is -1.18. The van der Waals surface area contributed by atoms with E-state index in [2.05, 4.69) is 5.32 Å². The first kappa shape index (κ1) is 13.6. The van der Waals surface area contributed by atoms with E-state index < -0.39 is 10.8 Å². The number of rotatable bonds is 6. The SMILES string of the molecule is CCc1ccc(NC=O)c(C(=O)CS(C)=O)c1. The zero-order chi connectivity index (χ0) is 12.8. The number of nitrogens with one attached hydrogen (secondary N) is 1. The molecule has 1 amide bonds. The molecule has 1 N–H and O–H groups in total. The zero-order valence-electron chi connectivity index (χ0n) is 9.86. The second-order valence-corrected chi connectivity index (χ2v) is 5.07. The molecule has 0 saturated heterocycles. The molecule has 1 aromatic carbocycles. The molecule has 1 unspecified atom stereocenters. The minimum absolute atomic E-state index is 0.0271. The molecule has 0 bridgehead atoms. The number of amides is 1. The quantitative estimate of drug-likeness (QED) is 0.615. The lowest BCUT2D eigenvalue weighted by Gasteiger charge is -2.08. The van der Waals surface area contributed by atoms with E-state index in [0.29, 0.717) is 17.7 Å². The number of hydrogen-bond donors (Lipinski definition) is 1. The smallest absolute Gasteiger partial charge is 0.211 e. The number of aryl methyl sites for hydroxylation is 1. The fraction of sp³-hybridized carbons (Fsp3) is 0.333. The van der Waals surface area contributed by atoms with Crippen LogP contribution in [0, 0.1) is 0 Å². The van der Waals surface area contributed by atoms with E-state index in [1.807, 2.05) is 13.0 Å². The van der Waals surface area contributed by atoms with Gasteiger partial charge in [-0.15, -0.1) is 0 Å². The number of hydrogen-bond acceptors (Lipinski definition) is 3. The minimum atomic E-state index is -1.18. The molecule has 0 spiro atoms. The third kappa shape index (κ3) is 3.78. The Labute approximate surface area is 103 Å². The third-order valence-electron chi connectivity index (χ3n) is 2.34. The fourth-order valence-corrected chi connectivity index (χ4v) is 2.02. The van der Waals surface area contributed by atoms with Crippen molar-refractivity contribution in [2.24, 2.45) is 0 Å². The summed E-state index contributed by atoms with van der Waals surface area (Å²) in [5.74, 6) is -0.244. The number of benzene rings is 1. The molecule has 1 atom stereocenters. The average Bonchev–Trinajstić information content (AvgIpc) is 2.29. The highest BCUT2D eigenvalue weighted by molar-refractivity contribution is 7.85. The summed E-state index contributed by atoms with van der Waals surface area (Å²) in [6, 6.07) is 5.28. The van der Waals surface area contributed by atoms with Gasteiger partial charge in [-0.3, -0.25) is 13.8 Å². The van der Waals surface area contributed by atoms with Gasteiger partial charge in [-0.2, -0.15) is 0 Å². The van der Waals surface area contributed by atoms with Crippen molar-refractivity contribution in [3.63, 3.8) is 0 Å². The van der Waals surface area contributed by atoms with Crippen molar-refractivity contribution in [2.75, 3.05) is 17.3 Å². The Kier molecular flexibility index (Phi) is 5.03. The van der Waals surface area contributed by atoms with Crippen LogP contribution in [0.25, 0.3) is 0 Å². The molecule has 0 aliphatic carbocycles. The number of Topliss-reactive ketones (excluding diaryl/α,β-unsaturated/α-hetero) is 1. The third-order valence-corrected chi connectivity index (χ3v) is 3.01. The van der Waals surface area contributed by atoms with Gasteiger partial charge in [-0.25, -0.2) is 0 Å². The molecule has 1 rings (SSSR count). The van der Waals surface area contributed by atoms with Crippen LogP contribution in [-0.2, 0) is 22.0 Å². The summed E-state index contributed by atoms with van der Waals surface area (Å²) in [6.45, 7) is 1.98. The van der Waals surface area contributed by atoms with Crippen LogP contribution in [0.2, 0.25) is 0 Å². The minimum Gasteiger partial charge on any atom is -0.328 e. The Morgan fingerprint density at radius 2 is 2.18 bits per heavy atom. The predicted molar refractivity (Wildman–Crippen MR) is 68.8 cm³/mol. The Morgan fingerprint density at radius 1 is 1.47 bits per heavy atom. The normalized spacial score (nSPS) is 11.9. The van der Waals surface area contributed by atoms with Gasteiger partial charge >= 0.3 is 0 Å². The van der Waals surface area contributed by atoms with Crippen molar-refractivity contribution >= 4 is 28.7 Å². The summed E-state index contributed by atoms with van der Waals surface area (Å²) in [5, 5.41) is 2.48. The van der Waals surface area contributed by atoms with E-state index >= 15 is 0 Å². The molecule has 4 nitrogen and oxygen atoms in total. The lowest BCUT2D eigenvalue weighted by Crippen LogP contribution is -2.13. The van der Waals surface area contributed by atoms with Gasteiger partial charge in [0.25, 0.3) is 0 Å². The molecule has 0 heterocycles. The van der Waals surface area contributed by atoms with E-state index in [4.69, 9.17) is 0 Å². The van der Waals surface area contributed by atoms with Crippen LogP contribution in [0.1, 0.15) is 22.8 Å². The van der Waals surface area contributed by atoms with Crippen LogP contribution in [0.3, 0.4) is 0 Å². The number of carbonyl (C=O) groups is 2. The summed E-state index contributed by atoms with van der Waals surface area (Å²) in [6.07, 6.45) is 2.81. The van der Waals surface area contributed by atoms with Crippen LogP contribution in [-0.4, -0.2) is 28.4 Å².